The number of nitrogens with zero attached hydrogens (tertiary/aromatic N) is 3. The zero-order valence-corrected chi connectivity index (χ0v) is 16.6. The molecule has 1 aromatic carbocycles. The van der Waals surface area contributed by atoms with E-state index in [0.29, 0.717) is 4.88 Å². The van der Waals surface area contributed by atoms with Crippen LogP contribution in [-0.2, 0) is 6.54 Å². The van der Waals surface area contributed by atoms with Gasteiger partial charge < -0.3 is 10.2 Å². The standard InChI is InChI=1S/C22H24N4OS/c27-22(20-8-4-15-28-20)24-19-9-10-21(23-16-19)26-12-5-11-25(13-14-26)17-18-6-2-1-3-7-18/h1-4,6-10,15-16H,5,11-14,17H2,(H,24,27). The summed E-state index contributed by atoms with van der Waals surface area (Å²) < 4.78 is 0. The van der Waals surface area contributed by atoms with Crippen LogP contribution < -0.4 is 10.2 Å². The highest BCUT2D eigenvalue weighted by molar-refractivity contribution is 7.12. The average molecular weight is 393 g/mol. The summed E-state index contributed by atoms with van der Waals surface area (Å²) in [6.07, 6.45) is 2.86. The molecule has 28 heavy (non-hydrogen) atoms. The number of rotatable bonds is 5. The van der Waals surface area contributed by atoms with Gasteiger partial charge in [-0.1, -0.05) is 36.4 Å². The number of hydrogen-bond acceptors (Lipinski definition) is 5. The Kier molecular flexibility index (Phi) is 5.99. The summed E-state index contributed by atoms with van der Waals surface area (Å²) in [7, 11) is 0. The minimum absolute atomic E-state index is 0.0872. The Hall–Kier alpha value is -2.70. The molecule has 0 aliphatic carbocycles. The number of pyridine rings is 1. The van der Waals surface area contributed by atoms with E-state index in [0.717, 1.165) is 50.6 Å². The molecule has 6 heteroatoms. The van der Waals surface area contributed by atoms with Crippen LogP contribution in [0.15, 0.2) is 66.2 Å². The van der Waals surface area contributed by atoms with Crippen molar-refractivity contribution in [3.8, 4) is 0 Å². The normalized spacial score (nSPS) is 15.2. The first-order valence-electron chi connectivity index (χ1n) is 9.60. The van der Waals surface area contributed by atoms with Crippen LogP contribution in [0.3, 0.4) is 0 Å². The van der Waals surface area contributed by atoms with Gasteiger partial charge in [0.1, 0.15) is 5.82 Å². The summed E-state index contributed by atoms with van der Waals surface area (Å²) in [6, 6.07) is 18.3. The quantitative estimate of drug-likeness (QED) is 0.710. The number of carbonyl (C=O) groups is 1. The highest BCUT2D eigenvalue weighted by Gasteiger charge is 2.16. The molecule has 0 bridgehead atoms. The second-order valence-corrected chi connectivity index (χ2v) is 7.89. The molecule has 1 N–H and O–H groups in total. The maximum absolute atomic E-state index is 12.1. The van der Waals surface area contributed by atoms with Gasteiger partial charge in [0.2, 0.25) is 0 Å². The van der Waals surface area contributed by atoms with Crippen molar-refractivity contribution in [2.45, 2.75) is 13.0 Å². The first-order valence-corrected chi connectivity index (χ1v) is 10.5. The number of benzene rings is 1. The minimum atomic E-state index is -0.0872. The molecule has 1 amide bonds. The maximum atomic E-state index is 12.1. The highest BCUT2D eigenvalue weighted by Crippen LogP contribution is 2.18. The summed E-state index contributed by atoms with van der Waals surface area (Å²) >= 11 is 1.43. The second-order valence-electron chi connectivity index (χ2n) is 6.94. The van der Waals surface area contributed by atoms with Gasteiger partial charge in [-0.25, -0.2) is 4.98 Å². The molecule has 0 atom stereocenters. The number of aromatic nitrogens is 1. The van der Waals surface area contributed by atoms with Crippen LogP contribution in [0.4, 0.5) is 11.5 Å². The number of carbonyl (C=O) groups excluding carboxylic acids is 1. The summed E-state index contributed by atoms with van der Waals surface area (Å²) in [5.74, 6) is 0.881. The number of hydrogen-bond donors (Lipinski definition) is 1. The van der Waals surface area contributed by atoms with Crippen molar-refractivity contribution < 1.29 is 4.79 Å². The van der Waals surface area contributed by atoms with Gasteiger partial charge in [-0.05, 0) is 35.6 Å². The Balaban J connectivity index is 1.33. The second kappa shape index (κ2) is 8.99. The van der Waals surface area contributed by atoms with Gasteiger partial charge in [0.15, 0.2) is 0 Å². The van der Waals surface area contributed by atoms with Gasteiger partial charge in [-0.15, -0.1) is 11.3 Å². The smallest absolute Gasteiger partial charge is 0.265 e. The zero-order chi connectivity index (χ0) is 19.2. The molecule has 1 aliphatic rings. The van der Waals surface area contributed by atoms with Crippen LogP contribution >= 0.6 is 11.3 Å². The molecule has 1 saturated heterocycles. The Morgan fingerprint density at radius 1 is 1.00 bits per heavy atom. The summed E-state index contributed by atoms with van der Waals surface area (Å²) in [4.78, 5) is 22.3. The number of amides is 1. The fraction of sp³-hybridized carbons (Fsp3) is 0.273. The van der Waals surface area contributed by atoms with Gasteiger partial charge >= 0.3 is 0 Å². The van der Waals surface area contributed by atoms with Crippen molar-refractivity contribution in [3.63, 3.8) is 0 Å². The van der Waals surface area contributed by atoms with Crippen LogP contribution in [0.1, 0.15) is 21.7 Å². The van der Waals surface area contributed by atoms with E-state index in [1.165, 1.54) is 16.9 Å². The van der Waals surface area contributed by atoms with E-state index in [2.05, 4.69) is 50.4 Å². The van der Waals surface area contributed by atoms with E-state index >= 15 is 0 Å². The minimum Gasteiger partial charge on any atom is -0.355 e. The molecule has 5 nitrogen and oxygen atoms in total. The van der Waals surface area contributed by atoms with E-state index in [9.17, 15) is 4.79 Å². The fourth-order valence-electron chi connectivity index (χ4n) is 3.45. The number of anilines is 2. The Bertz CT molecular complexity index is 881. The van der Waals surface area contributed by atoms with E-state index in [-0.39, 0.29) is 5.91 Å². The molecule has 1 fully saturated rings. The van der Waals surface area contributed by atoms with Crippen LogP contribution in [0.2, 0.25) is 0 Å². The zero-order valence-electron chi connectivity index (χ0n) is 15.8. The van der Waals surface area contributed by atoms with E-state index in [1.54, 1.807) is 6.20 Å². The summed E-state index contributed by atoms with van der Waals surface area (Å²) in [5, 5.41) is 4.80. The first kappa shape index (κ1) is 18.7. The third-order valence-corrected chi connectivity index (χ3v) is 5.78. The molecular formula is C22H24N4OS. The highest BCUT2D eigenvalue weighted by atomic mass is 32.1. The van der Waals surface area contributed by atoms with Gasteiger partial charge in [-0.3, -0.25) is 9.69 Å². The fourth-order valence-corrected chi connectivity index (χ4v) is 4.07. The van der Waals surface area contributed by atoms with Crippen LogP contribution in [0.25, 0.3) is 0 Å². The largest absolute Gasteiger partial charge is 0.355 e. The Morgan fingerprint density at radius 2 is 1.89 bits per heavy atom. The molecule has 3 heterocycles. The monoisotopic (exact) mass is 392 g/mol. The lowest BCUT2D eigenvalue weighted by Crippen LogP contribution is -2.30. The van der Waals surface area contributed by atoms with E-state index in [4.69, 9.17) is 0 Å². The number of nitrogens with one attached hydrogen (secondary N) is 1. The van der Waals surface area contributed by atoms with Gasteiger partial charge in [0, 0.05) is 32.7 Å². The third kappa shape index (κ3) is 4.77. The van der Waals surface area contributed by atoms with Crippen molar-refractivity contribution in [2.75, 3.05) is 36.4 Å². The molecular weight excluding hydrogens is 368 g/mol. The SMILES string of the molecule is O=C(Nc1ccc(N2CCCN(Cc3ccccc3)CC2)nc1)c1cccs1. The molecule has 2 aromatic heterocycles. The molecule has 3 aromatic rings. The third-order valence-electron chi connectivity index (χ3n) is 4.91. The molecule has 1 aliphatic heterocycles. The van der Waals surface area contributed by atoms with Crippen LogP contribution in [-0.4, -0.2) is 42.0 Å². The van der Waals surface area contributed by atoms with Gasteiger partial charge in [-0.2, -0.15) is 0 Å². The van der Waals surface area contributed by atoms with Crippen molar-refractivity contribution in [3.05, 3.63) is 76.6 Å². The molecule has 4 rings (SSSR count). The lowest BCUT2D eigenvalue weighted by atomic mass is 10.2. The first-order chi connectivity index (χ1) is 13.8. The van der Waals surface area contributed by atoms with Crippen LogP contribution in [0.5, 0.6) is 0 Å². The predicted molar refractivity (Wildman–Crippen MR) is 115 cm³/mol. The van der Waals surface area contributed by atoms with Crippen LogP contribution in [0, 0.1) is 0 Å². The van der Waals surface area contributed by atoms with Crippen molar-refractivity contribution >= 4 is 28.7 Å². The molecule has 0 radical (unpaired) electrons. The predicted octanol–water partition coefficient (Wildman–Crippen LogP) is 4.11. The van der Waals surface area contributed by atoms with Crippen molar-refractivity contribution in [1.82, 2.24) is 9.88 Å². The topological polar surface area (TPSA) is 48.5 Å². The average Bonchev–Trinajstić information content (AvgIpc) is 3.17. The molecule has 144 valence electrons. The summed E-state index contributed by atoms with van der Waals surface area (Å²) in [5.41, 5.74) is 2.09. The summed E-state index contributed by atoms with van der Waals surface area (Å²) in [6.45, 7) is 5.07. The molecule has 0 unspecified atom stereocenters. The van der Waals surface area contributed by atoms with E-state index in [1.807, 2.05) is 29.6 Å². The molecule has 0 spiro atoms. The lowest BCUT2D eigenvalue weighted by molar-refractivity contribution is 0.103. The van der Waals surface area contributed by atoms with Crippen molar-refractivity contribution in [2.24, 2.45) is 0 Å². The Morgan fingerprint density at radius 3 is 2.64 bits per heavy atom. The van der Waals surface area contributed by atoms with Gasteiger partial charge in [0.05, 0.1) is 16.8 Å². The lowest BCUT2D eigenvalue weighted by Gasteiger charge is -2.23. The van der Waals surface area contributed by atoms with Crippen molar-refractivity contribution in [1.29, 1.82) is 0 Å². The Labute approximate surface area is 169 Å². The van der Waals surface area contributed by atoms with Gasteiger partial charge in [0.25, 0.3) is 5.91 Å². The maximum Gasteiger partial charge on any atom is 0.265 e. The van der Waals surface area contributed by atoms with E-state index < -0.39 is 0 Å². The number of thiophene rings is 1. The molecule has 0 saturated carbocycles.